The monoisotopic (exact) mass is 309 g/mol. The number of piperidine rings is 1. The molecule has 0 radical (unpaired) electrons. The molecular formula is C15H19NO4S. The maximum absolute atomic E-state index is 12.8. The predicted molar refractivity (Wildman–Crippen MR) is 77.7 cm³/mol. The van der Waals surface area contributed by atoms with Crippen molar-refractivity contribution in [3.63, 3.8) is 0 Å². The normalized spacial score (nSPS) is 26.5. The SMILES string of the molecule is O=C(O)c1cccc(S(=O)(=O)N2CCCC3CCCC32)c1. The molecule has 2 aliphatic rings. The predicted octanol–water partition coefficient (Wildman–Crippen LogP) is 2.34. The third kappa shape index (κ3) is 2.58. The van der Waals surface area contributed by atoms with Crippen molar-refractivity contribution < 1.29 is 18.3 Å². The van der Waals surface area contributed by atoms with Crippen LogP contribution in [0.5, 0.6) is 0 Å². The Kier molecular flexibility index (Phi) is 3.75. The van der Waals surface area contributed by atoms with Crippen molar-refractivity contribution in [2.75, 3.05) is 6.54 Å². The van der Waals surface area contributed by atoms with E-state index < -0.39 is 16.0 Å². The fourth-order valence-corrected chi connectivity index (χ4v) is 5.43. The summed E-state index contributed by atoms with van der Waals surface area (Å²) < 4.78 is 27.3. The number of hydrogen-bond acceptors (Lipinski definition) is 3. The number of carbonyl (C=O) groups is 1. The summed E-state index contributed by atoms with van der Waals surface area (Å²) in [6.07, 6.45) is 5.09. The smallest absolute Gasteiger partial charge is 0.335 e. The van der Waals surface area contributed by atoms with Crippen LogP contribution in [0.1, 0.15) is 42.5 Å². The third-order valence-electron chi connectivity index (χ3n) is 4.63. The van der Waals surface area contributed by atoms with Gasteiger partial charge in [-0.05, 0) is 49.8 Å². The molecule has 2 unspecified atom stereocenters. The molecule has 3 rings (SSSR count). The molecule has 21 heavy (non-hydrogen) atoms. The number of sulfonamides is 1. The van der Waals surface area contributed by atoms with Gasteiger partial charge in [-0.25, -0.2) is 13.2 Å². The van der Waals surface area contributed by atoms with E-state index in [-0.39, 0.29) is 16.5 Å². The summed E-state index contributed by atoms with van der Waals surface area (Å²) in [5.74, 6) is -0.638. The molecule has 2 atom stereocenters. The zero-order valence-electron chi connectivity index (χ0n) is 11.7. The van der Waals surface area contributed by atoms with Gasteiger partial charge in [-0.3, -0.25) is 0 Å². The molecule has 1 aromatic rings. The molecule has 1 saturated heterocycles. The van der Waals surface area contributed by atoms with Gasteiger partial charge in [0.1, 0.15) is 0 Å². The summed E-state index contributed by atoms with van der Waals surface area (Å²) in [4.78, 5) is 11.1. The van der Waals surface area contributed by atoms with Gasteiger partial charge < -0.3 is 5.11 Å². The number of fused-ring (bicyclic) bond motifs is 1. The number of carboxylic acids is 1. The summed E-state index contributed by atoms with van der Waals surface area (Å²) >= 11 is 0. The van der Waals surface area contributed by atoms with Crippen LogP contribution in [0.2, 0.25) is 0 Å². The third-order valence-corrected chi connectivity index (χ3v) is 6.55. The second-order valence-corrected chi connectivity index (χ2v) is 7.74. The highest BCUT2D eigenvalue weighted by molar-refractivity contribution is 7.89. The number of benzene rings is 1. The van der Waals surface area contributed by atoms with Gasteiger partial charge in [0.2, 0.25) is 10.0 Å². The van der Waals surface area contributed by atoms with Crippen LogP contribution in [0.4, 0.5) is 0 Å². The first-order chi connectivity index (χ1) is 10.00. The molecule has 1 saturated carbocycles. The van der Waals surface area contributed by atoms with Crippen LogP contribution in [0, 0.1) is 5.92 Å². The molecule has 2 fully saturated rings. The second-order valence-electron chi connectivity index (χ2n) is 5.85. The minimum Gasteiger partial charge on any atom is -0.478 e. The van der Waals surface area contributed by atoms with Crippen LogP contribution in [0.3, 0.4) is 0 Å². The molecule has 1 N–H and O–H groups in total. The van der Waals surface area contributed by atoms with Gasteiger partial charge in [0.25, 0.3) is 0 Å². The highest BCUT2D eigenvalue weighted by atomic mass is 32.2. The van der Waals surface area contributed by atoms with E-state index in [0.717, 1.165) is 32.1 Å². The standard InChI is InChI=1S/C15H19NO4S/c17-15(18)12-5-1-7-13(10-12)21(19,20)16-9-3-6-11-4-2-8-14(11)16/h1,5,7,10-11,14H,2-4,6,8-9H2,(H,17,18). The summed E-state index contributed by atoms with van der Waals surface area (Å²) in [6, 6.07) is 5.75. The molecule has 0 aromatic heterocycles. The van der Waals surface area contributed by atoms with Crippen LogP contribution in [0.15, 0.2) is 29.2 Å². The fourth-order valence-electron chi connectivity index (χ4n) is 3.63. The molecule has 1 aliphatic heterocycles. The van der Waals surface area contributed by atoms with E-state index >= 15 is 0 Å². The van der Waals surface area contributed by atoms with Crippen molar-refractivity contribution in [1.82, 2.24) is 4.31 Å². The molecular weight excluding hydrogens is 290 g/mol. The first-order valence-corrected chi connectivity index (χ1v) is 8.79. The second kappa shape index (κ2) is 5.42. The van der Waals surface area contributed by atoms with E-state index in [2.05, 4.69) is 0 Å². The van der Waals surface area contributed by atoms with Crippen LogP contribution in [-0.2, 0) is 10.0 Å². The first-order valence-electron chi connectivity index (χ1n) is 7.35. The average Bonchev–Trinajstić information content (AvgIpc) is 2.95. The number of nitrogens with zero attached hydrogens (tertiary/aromatic N) is 1. The fraction of sp³-hybridized carbons (Fsp3) is 0.533. The number of carboxylic acid groups (broad SMARTS) is 1. The van der Waals surface area contributed by atoms with Crippen molar-refractivity contribution in [1.29, 1.82) is 0 Å². The highest BCUT2D eigenvalue weighted by Crippen LogP contribution is 2.39. The lowest BCUT2D eigenvalue weighted by Crippen LogP contribution is -2.46. The molecule has 114 valence electrons. The quantitative estimate of drug-likeness (QED) is 0.930. The largest absolute Gasteiger partial charge is 0.478 e. The van der Waals surface area contributed by atoms with Crippen LogP contribution >= 0.6 is 0 Å². The minimum atomic E-state index is -3.60. The van der Waals surface area contributed by atoms with Gasteiger partial charge in [-0.15, -0.1) is 0 Å². The molecule has 0 bridgehead atoms. The van der Waals surface area contributed by atoms with E-state index in [9.17, 15) is 13.2 Å². The van der Waals surface area contributed by atoms with Crippen molar-refractivity contribution in [2.24, 2.45) is 5.92 Å². The van der Waals surface area contributed by atoms with Gasteiger partial charge in [0, 0.05) is 12.6 Å². The van der Waals surface area contributed by atoms with Gasteiger partial charge >= 0.3 is 5.97 Å². The topological polar surface area (TPSA) is 74.7 Å². The van der Waals surface area contributed by atoms with E-state index in [1.54, 1.807) is 4.31 Å². The average molecular weight is 309 g/mol. The lowest BCUT2D eigenvalue weighted by molar-refractivity contribution is 0.0696. The summed E-state index contributed by atoms with van der Waals surface area (Å²) in [6.45, 7) is 0.542. The molecule has 0 spiro atoms. The van der Waals surface area contributed by atoms with Crippen molar-refractivity contribution in [3.05, 3.63) is 29.8 Å². The van der Waals surface area contributed by atoms with Gasteiger partial charge in [-0.2, -0.15) is 4.31 Å². The molecule has 1 aromatic carbocycles. The van der Waals surface area contributed by atoms with Gasteiger partial charge in [-0.1, -0.05) is 12.5 Å². The summed E-state index contributed by atoms with van der Waals surface area (Å²) in [5.41, 5.74) is 0.0102. The molecule has 1 aliphatic carbocycles. The van der Waals surface area contributed by atoms with Crippen LogP contribution in [0.25, 0.3) is 0 Å². The van der Waals surface area contributed by atoms with Crippen molar-refractivity contribution in [3.8, 4) is 0 Å². The molecule has 1 heterocycles. The Morgan fingerprint density at radius 2 is 1.95 bits per heavy atom. The van der Waals surface area contributed by atoms with Crippen LogP contribution in [-0.4, -0.2) is 36.4 Å². The molecule has 6 heteroatoms. The molecule has 5 nitrogen and oxygen atoms in total. The Bertz CT molecular complexity index is 655. The summed E-state index contributed by atoms with van der Waals surface area (Å²) in [7, 11) is -3.60. The zero-order chi connectivity index (χ0) is 15.0. The van der Waals surface area contributed by atoms with E-state index in [0.29, 0.717) is 12.5 Å². The van der Waals surface area contributed by atoms with Crippen molar-refractivity contribution in [2.45, 2.75) is 43.0 Å². The minimum absolute atomic E-state index is 0.0102. The Hall–Kier alpha value is -1.40. The number of rotatable bonds is 3. The lowest BCUT2D eigenvalue weighted by atomic mass is 9.94. The maximum Gasteiger partial charge on any atom is 0.335 e. The first kappa shape index (κ1) is 14.5. The van der Waals surface area contributed by atoms with Crippen LogP contribution < -0.4 is 0 Å². The summed E-state index contributed by atoms with van der Waals surface area (Å²) in [5, 5.41) is 9.03. The Labute approximate surface area is 124 Å². The van der Waals surface area contributed by atoms with Gasteiger partial charge in [0.15, 0.2) is 0 Å². The maximum atomic E-state index is 12.8. The lowest BCUT2D eigenvalue weighted by Gasteiger charge is -2.36. The number of hydrogen-bond donors (Lipinski definition) is 1. The number of aromatic carboxylic acids is 1. The zero-order valence-corrected chi connectivity index (χ0v) is 12.6. The van der Waals surface area contributed by atoms with E-state index in [4.69, 9.17) is 5.11 Å². The Balaban J connectivity index is 1.96. The van der Waals surface area contributed by atoms with Crippen molar-refractivity contribution >= 4 is 16.0 Å². The van der Waals surface area contributed by atoms with Gasteiger partial charge in [0.05, 0.1) is 10.5 Å². The Morgan fingerprint density at radius 1 is 1.19 bits per heavy atom. The molecule has 0 amide bonds. The highest BCUT2D eigenvalue weighted by Gasteiger charge is 2.41. The van der Waals surface area contributed by atoms with E-state index in [1.807, 2.05) is 0 Å². The van der Waals surface area contributed by atoms with E-state index in [1.165, 1.54) is 24.3 Å². The Morgan fingerprint density at radius 3 is 2.71 bits per heavy atom.